The van der Waals surface area contributed by atoms with Gasteiger partial charge in [0.25, 0.3) is 11.8 Å². The van der Waals surface area contributed by atoms with Crippen molar-refractivity contribution < 1.29 is 33.5 Å². The van der Waals surface area contributed by atoms with Crippen LogP contribution in [0.2, 0.25) is 0 Å². The number of rotatable bonds is 8. The van der Waals surface area contributed by atoms with Crippen molar-refractivity contribution in [3.63, 3.8) is 0 Å². The van der Waals surface area contributed by atoms with Crippen molar-refractivity contribution in [3.8, 4) is 0 Å². The molecule has 0 spiro atoms. The molecule has 39 heavy (non-hydrogen) atoms. The monoisotopic (exact) mass is 534 g/mol. The first-order chi connectivity index (χ1) is 18.7. The van der Waals surface area contributed by atoms with E-state index in [9.17, 15) is 24.0 Å². The molecule has 0 saturated carbocycles. The molecule has 3 N–H and O–H groups in total. The quantitative estimate of drug-likeness (QED) is 0.399. The number of aliphatic carboxylic acids is 1. The molecule has 3 aromatic rings. The van der Waals surface area contributed by atoms with E-state index >= 15 is 0 Å². The first-order valence-electron chi connectivity index (χ1n) is 12.4. The van der Waals surface area contributed by atoms with Gasteiger partial charge in [-0.15, -0.1) is 0 Å². The molecule has 4 amide bonds. The van der Waals surface area contributed by atoms with E-state index in [2.05, 4.69) is 10.6 Å². The lowest BCUT2D eigenvalue weighted by atomic mass is 10.1. The zero-order chi connectivity index (χ0) is 28.5. The molecule has 0 unspecified atom stereocenters. The molecule has 11 nitrogen and oxygen atoms in total. The van der Waals surface area contributed by atoms with Gasteiger partial charge < -0.3 is 30.0 Å². The lowest BCUT2D eigenvalue weighted by Crippen LogP contribution is -2.38. The second-order valence-electron chi connectivity index (χ2n) is 8.41. The van der Waals surface area contributed by atoms with E-state index in [1.807, 2.05) is 13.8 Å². The Balaban J connectivity index is 0.00000205. The zero-order valence-corrected chi connectivity index (χ0v) is 21.9. The van der Waals surface area contributed by atoms with Crippen LogP contribution in [-0.2, 0) is 20.8 Å². The Morgan fingerprint density at radius 3 is 2.31 bits per heavy atom. The van der Waals surface area contributed by atoms with E-state index in [1.54, 1.807) is 48.5 Å². The maximum absolute atomic E-state index is 13.1. The fourth-order valence-electron chi connectivity index (χ4n) is 3.83. The SMILES string of the molecule is CC.CN1C(=O)CN(CCC(=O)O)C(=O)c2cc(NC(=O)Cc3ccc(NC(=O)c4ccco4)cc3)ccc21. The molecule has 0 saturated heterocycles. The van der Waals surface area contributed by atoms with Gasteiger partial charge in [-0.05, 0) is 48.0 Å². The number of nitrogens with one attached hydrogen (secondary N) is 2. The van der Waals surface area contributed by atoms with Crippen molar-refractivity contribution in [1.82, 2.24) is 4.90 Å². The molecule has 0 atom stereocenters. The van der Waals surface area contributed by atoms with Crippen LogP contribution in [0.25, 0.3) is 0 Å². The molecule has 0 radical (unpaired) electrons. The van der Waals surface area contributed by atoms with Gasteiger partial charge in [0.05, 0.1) is 30.4 Å². The van der Waals surface area contributed by atoms with E-state index in [0.717, 1.165) is 0 Å². The van der Waals surface area contributed by atoms with E-state index < -0.39 is 11.9 Å². The van der Waals surface area contributed by atoms with Crippen LogP contribution in [0.3, 0.4) is 0 Å². The summed E-state index contributed by atoms with van der Waals surface area (Å²) in [5, 5.41) is 14.4. The van der Waals surface area contributed by atoms with Gasteiger partial charge in [-0.2, -0.15) is 0 Å². The fraction of sp³-hybridized carbons (Fsp3) is 0.250. The van der Waals surface area contributed by atoms with Crippen LogP contribution in [0.15, 0.2) is 65.3 Å². The first kappa shape index (κ1) is 28.6. The van der Waals surface area contributed by atoms with Gasteiger partial charge in [-0.3, -0.25) is 24.0 Å². The second-order valence-corrected chi connectivity index (χ2v) is 8.41. The first-order valence-corrected chi connectivity index (χ1v) is 12.4. The van der Waals surface area contributed by atoms with Crippen molar-refractivity contribution in [3.05, 3.63) is 77.7 Å². The summed E-state index contributed by atoms with van der Waals surface area (Å²) in [6.07, 6.45) is 1.16. The van der Waals surface area contributed by atoms with Crippen LogP contribution in [0.1, 0.15) is 46.7 Å². The molecule has 204 valence electrons. The number of carbonyl (C=O) groups excluding carboxylic acids is 4. The molecule has 0 bridgehead atoms. The van der Waals surface area contributed by atoms with Crippen molar-refractivity contribution >= 4 is 46.7 Å². The molecule has 4 rings (SSSR count). The Morgan fingerprint density at radius 1 is 0.974 bits per heavy atom. The fourth-order valence-corrected chi connectivity index (χ4v) is 3.83. The summed E-state index contributed by atoms with van der Waals surface area (Å²) < 4.78 is 5.06. The maximum Gasteiger partial charge on any atom is 0.305 e. The van der Waals surface area contributed by atoms with Crippen LogP contribution in [0.5, 0.6) is 0 Å². The number of likely N-dealkylation sites (N-methyl/N-ethyl adjacent to an activating group) is 1. The average Bonchev–Trinajstić information content (AvgIpc) is 3.45. The molecule has 2 heterocycles. The predicted octanol–water partition coefficient (Wildman–Crippen LogP) is 3.63. The number of nitrogens with zero attached hydrogens (tertiary/aromatic N) is 2. The van der Waals surface area contributed by atoms with Crippen LogP contribution >= 0.6 is 0 Å². The number of carboxylic acids is 1. The second kappa shape index (κ2) is 13.0. The number of hydrogen-bond acceptors (Lipinski definition) is 6. The van der Waals surface area contributed by atoms with Gasteiger partial charge in [0, 0.05) is 25.0 Å². The zero-order valence-electron chi connectivity index (χ0n) is 21.9. The van der Waals surface area contributed by atoms with Gasteiger partial charge in [0.1, 0.15) is 6.54 Å². The molecule has 0 fully saturated rings. The van der Waals surface area contributed by atoms with Crippen molar-refractivity contribution in [2.75, 3.05) is 35.7 Å². The summed E-state index contributed by atoms with van der Waals surface area (Å²) >= 11 is 0. The number of fused-ring (bicyclic) bond motifs is 1. The Kier molecular flexibility index (Phi) is 9.58. The molecule has 11 heteroatoms. The summed E-state index contributed by atoms with van der Waals surface area (Å²) in [5.74, 6) is -2.45. The van der Waals surface area contributed by atoms with Gasteiger partial charge >= 0.3 is 5.97 Å². The number of benzene rings is 2. The molecule has 1 aliphatic heterocycles. The maximum atomic E-state index is 13.1. The summed E-state index contributed by atoms with van der Waals surface area (Å²) in [4.78, 5) is 63.8. The summed E-state index contributed by atoms with van der Waals surface area (Å²) in [6, 6.07) is 14.6. The van der Waals surface area contributed by atoms with Crippen molar-refractivity contribution in [1.29, 1.82) is 0 Å². The average molecular weight is 535 g/mol. The summed E-state index contributed by atoms with van der Waals surface area (Å²) in [6.45, 7) is 3.65. The van der Waals surface area contributed by atoms with Gasteiger partial charge in [0.2, 0.25) is 11.8 Å². The third-order valence-electron chi connectivity index (χ3n) is 5.78. The lowest BCUT2D eigenvalue weighted by Gasteiger charge is -2.19. The summed E-state index contributed by atoms with van der Waals surface area (Å²) in [7, 11) is 1.54. The lowest BCUT2D eigenvalue weighted by molar-refractivity contribution is -0.137. The Hall–Kier alpha value is -4.93. The van der Waals surface area contributed by atoms with E-state index in [-0.39, 0.29) is 55.0 Å². The third-order valence-corrected chi connectivity index (χ3v) is 5.78. The number of carboxylic acid groups (broad SMARTS) is 1. The van der Waals surface area contributed by atoms with Crippen molar-refractivity contribution in [2.45, 2.75) is 26.7 Å². The van der Waals surface area contributed by atoms with Crippen molar-refractivity contribution in [2.24, 2.45) is 0 Å². The normalized spacial score (nSPS) is 12.6. The Bertz CT molecular complexity index is 1350. The van der Waals surface area contributed by atoms with Crippen LogP contribution < -0.4 is 15.5 Å². The molecule has 1 aliphatic rings. The highest BCUT2D eigenvalue weighted by atomic mass is 16.4. The molecule has 0 aliphatic carbocycles. The van der Waals surface area contributed by atoms with Crippen LogP contribution in [0, 0.1) is 0 Å². The number of furan rings is 1. The minimum absolute atomic E-state index is 0.0422. The Labute approximate surface area is 225 Å². The highest BCUT2D eigenvalue weighted by Crippen LogP contribution is 2.28. The smallest absolute Gasteiger partial charge is 0.305 e. The van der Waals surface area contributed by atoms with E-state index in [1.165, 1.54) is 29.2 Å². The van der Waals surface area contributed by atoms with Gasteiger partial charge in [-0.25, -0.2) is 0 Å². The standard InChI is InChI=1S/C26H24N4O7.C2H6/c1-29-20-9-8-18(14-19(20)26(36)30(15-23(29)32)11-10-24(33)34)27-22(31)13-16-4-6-17(7-5-16)28-25(35)21-3-2-12-37-21;1-2/h2-9,12,14H,10-11,13,15H2,1H3,(H,27,31)(H,28,35)(H,33,34);1-2H3. The molecule has 1 aromatic heterocycles. The number of anilines is 3. The third kappa shape index (κ3) is 7.31. The largest absolute Gasteiger partial charge is 0.481 e. The van der Waals surface area contributed by atoms with E-state index in [0.29, 0.717) is 22.6 Å². The Morgan fingerprint density at radius 2 is 1.67 bits per heavy atom. The number of hydrogen-bond donors (Lipinski definition) is 3. The highest BCUT2D eigenvalue weighted by Gasteiger charge is 2.30. The minimum Gasteiger partial charge on any atom is -0.481 e. The highest BCUT2D eigenvalue weighted by molar-refractivity contribution is 6.10. The van der Waals surface area contributed by atoms with E-state index in [4.69, 9.17) is 9.52 Å². The minimum atomic E-state index is -1.08. The number of carbonyl (C=O) groups is 5. The molecule has 2 aromatic carbocycles. The number of amides is 4. The topological polar surface area (TPSA) is 149 Å². The van der Waals surface area contributed by atoms with Gasteiger partial charge in [-0.1, -0.05) is 26.0 Å². The molecular weight excluding hydrogens is 504 g/mol. The molecular formula is C28H30N4O7. The van der Waals surface area contributed by atoms with Crippen LogP contribution in [-0.4, -0.2) is 59.7 Å². The van der Waals surface area contributed by atoms with Crippen LogP contribution in [0.4, 0.5) is 17.1 Å². The van der Waals surface area contributed by atoms with Gasteiger partial charge in [0.15, 0.2) is 5.76 Å². The summed E-state index contributed by atoms with van der Waals surface area (Å²) in [5.41, 5.74) is 2.16. The predicted molar refractivity (Wildman–Crippen MR) is 145 cm³/mol.